The van der Waals surface area contributed by atoms with E-state index in [0.717, 1.165) is 0 Å². The minimum atomic E-state index is -0.672. The zero-order chi connectivity index (χ0) is 12.9. The maximum absolute atomic E-state index is 13.7. The van der Waals surface area contributed by atoms with E-state index < -0.39 is 5.41 Å². The van der Waals surface area contributed by atoms with E-state index in [1.807, 2.05) is 0 Å². The van der Waals surface area contributed by atoms with Crippen molar-refractivity contribution in [1.29, 1.82) is 0 Å². The van der Waals surface area contributed by atoms with E-state index in [1.54, 1.807) is 23.7 Å². The summed E-state index contributed by atoms with van der Waals surface area (Å²) in [5, 5.41) is 0. The minimum absolute atomic E-state index is 0.290. The number of aromatic nitrogens is 2. The van der Waals surface area contributed by atoms with Crippen molar-refractivity contribution < 1.29 is 13.9 Å². The lowest BCUT2D eigenvalue weighted by molar-refractivity contribution is -0.143. The molecule has 3 rings (SSSR count). The summed E-state index contributed by atoms with van der Waals surface area (Å²) >= 11 is 0. The van der Waals surface area contributed by atoms with E-state index in [2.05, 4.69) is 4.98 Å². The van der Waals surface area contributed by atoms with Crippen molar-refractivity contribution in [2.45, 2.75) is 18.3 Å². The number of imidazole rings is 1. The fourth-order valence-electron chi connectivity index (χ4n) is 2.45. The molecule has 1 fully saturated rings. The van der Waals surface area contributed by atoms with Gasteiger partial charge in [-0.1, -0.05) is 6.07 Å². The summed E-state index contributed by atoms with van der Waals surface area (Å²) in [6.45, 7) is 0. The standard InChI is InChI=1S/C13H13FN2O2/c1-16-9-5-3-4-8(14)10(9)15-11(16)13(6-7-13)12(17)18-2/h3-5H,6-7H2,1-2H3. The van der Waals surface area contributed by atoms with E-state index in [0.29, 0.717) is 29.7 Å². The molecular weight excluding hydrogens is 235 g/mol. The summed E-state index contributed by atoms with van der Waals surface area (Å²) in [6.07, 6.45) is 1.41. The van der Waals surface area contributed by atoms with Crippen molar-refractivity contribution in [1.82, 2.24) is 9.55 Å². The fourth-order valence-corrected chi connectivity index (χ4v) is 2.45. The number of para-hydroxylation sites is 1. The van der Waals surface area contributed by atoms with E-state index in [9.17, 15) is 9.18 Å². The highest BCUT2D eigenvalue weighted by molar-refractivity contribution is 5.87. The monoisotopic (exact) mass is 248 g/mol. The Labute approximate surface area is 103 Å². The van der Waals surface area contributed by atoms with Crippen LogP contribution in [0.2, 0.25) is 0 Å². The lowest BCUT2D eigenvalue weighted by atomic mass is 10.1. The first-order valence-corrected chi connectivity index (χ1v) is 5.80. The molecule has 4 nitrogen and oxygen atoms in total. The Bertz CT molecular complexity index is 644. The van der Waals surface area contributed by atoms with Crippen LogP contribution >= 0.6 is 0 Å². The minimum Gasteiger partial charge on any atom is -0.468 e. The van der Waals surface area contributed by atoms with Crippen LogP contribution in [0.1, 0.15) is 18.7 Å². The number of esters is 1. The van der Waals surface area contributed by atoms with Gasteiger partial charge < -0.3 is 9.30 Å². The predicted octanol–water partition coefficient (Wildman–Crippen LogP) is 1.92. The predicted molar refractivity (Wildman–Crippen MR) is 63.6 cm³/mol. The van der Waals surface area contributed by atoms with Crippen molar-refractivity contribution in [3.8, 4) is 0 Å². The molecule has 18 heavy (non-hydrogen) atoms. The number of fused-ring (bicyclic) bond motifs is 1. The van der Waals surface area contributed by atoms with Gasteiger partial charge in [-0.3, -0.25) is 4.79 Å². The third-order valence-corrected chi connectivity index (χ3v) is 3.62. The number of ether oxygens (including phenoxy) is 1. The van der Waals surface area contributed by atoms with Gasteiger partial charge >= 0.3 is 5.97 Å². The van der Waals surface area contributed by atoms with Gasteiger partial charge in [-0.15, -0.1) is 0 Å². The van der Waals surface area contributed by atoms with Gasteiger partial charge in [-0.25, -0.2) is 9.37 Å². The number of benzene rings is 1. The quantitative estimate of drug-likeness (QED) is 0.763. The number of methoxy groups -OCH3 is 1. The van der Waals surface area contributed by atoms with Gasteiger partial charge in [0.25, 0.3) is 0 Å². The summed E-state index contributed by atoms with van der Waals surface area (Å²) in [6, 6.07) is 4.81. The molecule has 94 valence electrons. The van der Waals surface area contributed by atoms with Crippen LogP contribution in [0, 0.1) is 5.82 Å². The highest BCUT2D eigenvalue weighted by Gasteiger charge is 2.56. The molecule has 0 amide bonds. The Morgan fingerprint density at radius 1 is 1.50 bits per heavy atom. The number of carbonyl (C=O) groups excluding carboxylic acids is 1. The lowest BCUT2D eigenvalue weighted by Crippen LogP contribution is -2.25. The Balaban J connectivity index is 2.22. The zero-order valence-electron chi connectivity index (χ0n) is 10.2. The maximum atomic E-state index is 13.7. The molecule has 0 aliphatic heterocycles. The highest BCUT2D eigenvalue weighted by Crippen LogP contribution is 2.49. The van der Waals surface area contributed by atoms with Crippen molar-refractivity contribution in [2.24, 2.45) is 7.05 Å². The highest BCUT2D eigenvalue weighted by atomic mass is 19.1. The third-order valence-electron chi connectivity index (χ3n) is 3.62. The van der Waals surface area contributed by atoms with Gasteiger partial charge in [-0.05, 0) is 25.0 Å². The topological polar surface area (TPSA) is 44.1 Å². The van der Waals surface area contributed by atoms with Gasteiger partial charge in [0.1, 0.15) is 16.8 Å². The molecule has 2 aromatic rings. The number of aryl methyl sites for hydroxylation is 1. The first-order chi connectivity index (χ1) is 8.60. The first-order valence-electron chi connectivity index (χ1n) is 5.80. The summed E-state index contributed by atoms with van der Waals surface area (Å²) in [5.41, 5.74) is 0.333. The molecule has 1 saturated carbocycles. The van der Waals surface area contributed by atoms with Crippen LogP contribution in [0.3, 0.4) is 0 Å². The molecule has 0 unspecified atom stereocenters. The Morgan fingerprint density at radius 2 is 2.22 bits per heavy atom. The van der Waals surface area contributed by atoms with Crippen molar-refractivity contribution in [3.05, 3.63) is 29.8 Å². The van der Waals surface area contributed by atoms with Crippen molar-refractivity contribution in [2.75, 3.05) is 7.11 Å². The summed E-state index contributed by atoms with van der Waals surface area (Å²) in [5.74, 6) is -0.0641. The molecule has 0 atom stereocenters. The van der Waals surface area contributed by atoms with Gasteiger partial charge in [0.15, 0.2) is 5.82 Å². The molecule has 1 aliphatic carbocycles. The second-order valence-corrected chi connectivity index (χ2v) is 4.68. The van der Waals surface area contributed by atoms with E-state index >= 15 is 0 Å². The second kappa shape index (κ2) is 3.54. The van der Waals surface area contributed by atoms with Gasteiger partial charge in [-0.2, -0.15) is 0 Å². The Morgan fingerprint density at radius 3 is 2.78 bits per heavy atom. The van der Waals surface area contributed by atoms with Gasteiger partial charge in [0.2, 0.25) is 0 Å². The Kier molecular flexibility index (Phi) is 2.20. The SMILES string of the molecule is COC(=O)C1(c2nc3c(F)cccc3n2C)CC1. The summed E-state index contributed by atoms with van der Waals surface area (Å²) < 4.78 is 20.3. The molecule has 0 radical (unpaired) electrons. The molecule has 1 heterocycles. The smallest absolute Gasteiger partial charge is 0.319 e. The van der Waals surface area contributed by atoms with Gasteiger partial charge in [0.05, 0.1) is 12.6 Å². The molecular formula is C13H13FN2O2. The fraction of sp³-hybridized carbons (Fsp3) is 0.385. The summed E-state index contributed by atoms with van der Waals surface area (Å²) in [4.78, 5) is 16.1. The van der Waals surface area contributed by atoms with Crippen LogP contribution in [0.25, 0.3) is 11.0 Å². The molecule has 0 N–H and O–H groups in total. The number of carbonyl (C=O) groups is 1. The van der Waals surface area contributed by atoms with Crippen molar-refractivity contribution >= 4 is 17.0 Å². The molecule has 0 bridgehead atoms. The molecule has 1 aromatic carbocycles. The van der Waals surface area contributed by atoms with E-state index in [4.69, 9.17) is 4.74 Å². The average molecular weight is 248 g/mol. The van der Waals surface area contributed by atoms with Crippen LogP contribution in [-0.4, -0.2) is 22.6 Å². The van der Waals surface area contributed by atoms with Crippen LogP contribution in [0.15, 0.2) is 18.2 Å². The van der Waals surface area contributed by atoms with Crippen molar-refractivity contribution in [3.63, 3.8) is 0 Å². The molecule has 1 aliphatic rings. The maximum Gasteiger partial charge on any atom is 0.319 e. The average Bonchev–Trinajstić information content (AvgIpc) is 3.10. The normalized spacial score (nSPS) is 16.8. The van der Waals surface area contributed by atoms with Crippen LogP contribution in [-0.2, 0) is 22.0 Å². The molecule has 1 aromatic heterocycles. The second-order valence-electron chi connectivity index (χ2n) is 4.68. The van der Waals surface area contributed by atoms with Crippen LogP contribution in [0.4, 0.5) is 4.39 Å². The number of halogens is 1. The van der Waals surface area contributed by atoms with E-state index in [-0.39, 0.29) is 11.8 Å². The van der Waals surface area contributed by atoms with Gasteiger partial charge in [0, 0.05) is 7.05 Å². The first kappa shape index (κ1) is 11.2. The lowest BCUT2D eigenvalue weighted by Gasteiger charge is -2.12. The number of nitrogens with zero attached hydrogens (tertiary/aromatic N) is 2. The molecule has 5 heteroatoms. The molecule has 0 saturated heterocycles. The number of rotatable bonds is 2. The van der Waals surface area contributed by atoms with E-state index in [1.165, 1.54) is 13.2 Å². The Hall–Kier alpha value is -1.91. The zero-order valence-corrected chi connectivity index (χ0v) is 10.2. The number of hydrogen-bond acceptors (Lipinski definition) is 3. The largest absolute Gasteiger partial charge is 0.468 e. The van der Waals surface area contributed by atoms with Crippen LogP contribution < -0.4 is 0 Å². The molecule has 0 spiro atoms. The third kappa shape index (κ3) is 1.30. The number of hydrogen-bond donors (Lipinski definition) is 0. The van der Waals surface area contributed by atoms with Crippen LogP contribution in [0.5, 0.6) is 0 Å². The summed E-state index contributed by atoms with van der Waals surface area (Å²) in [7, 11) is 3.17.